The summed E-state index contributed by atoms with van der Waals surface area (Å²) < 4.78 is 5.47. The summed E-state index contributed by atoms with van der Waals surface area (Å²) in [5, 5.41) is 0. The topological polar surface area (TPSA) is 102 Å². The quantitative estimate of drug-likeness (QED) is 0.736. The number of ketones is 1. The number of aromatic nitrogens is 2. The van der Waals surface area contributed by atoms with E-state index in [1.165, 1.54) is 7.11 Å². The summed E-state index contributed by atoms with van der Waals surface area (Å²) in [7, 11) is 1.38. The monoisotopic (exact) mass is 437 g/mol. The van der Waals surface area contributed by atoms with E-state index in [-0.39, 0.29) is 20.5 Å². The lowest BCUT2D eigenvalue weighted by Gasteiger charge is -2.22. The Hall–Kier alpha value is -2.68. The third kappa shape index (κ3) is 4.36. The molecule has 0 atom stereocenters. The Morgan fingerprint density at radius 1 is 1.26 bits per heavy atom. The van der Waals surface area contributed by atoms with E-state index in [9.17, 15) is 9.59 Å². The summed E-state index contributed by atoms with van der Waals surface area (Å²) in [5.41, 5.74) is 6.45. The molecule has 0 aliphatic carbocycles. The predicted octanol–water partition coefficient (Wildman–Crippen LogP) is 2.82. The van der Waals surface area contributed by atoms with E-state index in [0.29, 0.717) is 41.2 Å². The summed E-state index contributed by atoms with van der Waals surface area (Å²) in [6.45, 7) is 2.51. The van der Waals surface area contributed by atoms with Crippen molar-refractivity contribution in [3.8, 4) is 0 Å². The lowest BCUT2D eigenvalue weighted by molar-refractivity contribution is 0.103. The van der Waals surface area contributed by atoms with Gasteiger partial charge in [-0.3, -0.25) is 4.79 Å². The van der Waals surface area contributed by atoms with Crippen LogP contribution in [0.15, 0.2) is 34.9 Å². The molecule has 2 aromatic rings. The lowest BCUT2D eigenvalue weighted by atomic mass is 10.1. The van der Waals surface area contributed by atoms with Gasteiger partial charge in [-0.15, -0.1) is 0 Å². The molecule has 0 bridgehead atoms. The molecular formula is C18H24BrN5O3. The summed E-state index contributed by atoms with van der Waals surface area (Å²) in [6, 6.07) is 6.94. The fourth-order valence-corrected chi connectivity index (χ4v) is 3.29. The number of pyridine rings is 2. The molecule has 0 unspecified atom stereocenters. The van der Waals surface area contributed by atoms with Gasteiger partial charge in [0.05, 0.1) is 12.7 Å². The summed E-state index contributed by atoms with van der Waals surface area (Å²) in [4.78, 5) is 36.8. The van der Waals surface area contributed by atoms with E-state index in [2.05, 4.69) is 30.8 Å². The molecular weight excluding hydrogens is 414 g/mol. The number of halogens is 1. The van der Waals surface area contributed by atoms with Crippen LogP contribution < -0.4 is 10.6 Å². The first-order valence-corrected chi connectivity index (χ1v) is 9.29. The number of nitrogen functional groups attached to an aromatic ring is 1. The number of ether oxygens (including phenoxy) is 1. The molecule has 1 aliphatic heterocycles. The average molecular weight is 438 g/mol. The maximum Gasteiger partial charge on any atom is 0.409 e. The van der Waals surface area contributed by atoms with E-state index in [1.54, 1.807) is 29.3 Å². The van der Waals surface area contributed by atoms with Crippen molar-refractivity contribution < 1.29 is 17.2 Å². The number of amides is 1. The van der Waals surface area contributed by atoms with Gasteiger partial charge in [0.15, 0.2) is 0 Å². The van der Waals surface area contributed by atoms with Gasteiger partial charge in [0.25, 0.3) is 0 Å². The average Bonchev–Trinajstić information content (AvgIpc) is 2.95. The van der Waals surface area contributed by atoms with Crippen LogP contribution in [-0.2, 0) is 4.74 Å². The second kappa shape index (κ2) is 8.34. The zero-order chi connectivity index (χ0) is 19.4. The fraction of sp³-hybridized carbons (Fsp3) is 0.333. The predicted molar refractivity (Wildman–Crippen MR) is 109 cm³/mol. The van der Waals surface area contributed by atoms with Gasteiger partial charge >= 0.3 is 6.09 Å². The minimum atomic E-state index is -0.327. The maximum absolute atomic E-state index is 12.8. The molecule has 3 heterocycles. The van der Waals surface area contributed by atoms with Gasteiger partial charge in [0, 0.05) is 39.7 Å². The molecule has 3 rings (SSSR count). The number of carbonyl (C=O) groups is 2. The smallest absolute Gasteiger partial charge is 0.409 e. The largest absolute Gasteiger partial charge is 0.453 e. The summed E-state index contributed by atoms with van der Waals surface area (Å²) >= 11 is 3.30. The highest BCUT2D eigenvalue weighted by atomic mass is 79.9. The zero-order valence-corrected chi connectivity index (χ0v) is 16.5. The van der Waals surface area contributed by atoms with Gasteiger partial charge in [-0.1, -0.05) is 6.07 Å². The van der Waals surface area contributed by atoms with E-state index in [0.717, 1.165) is 13.0 Å². The minimum absolute atomic E-state index is 0. The Balaban J connectivity index is 0.00000210. The van der Waals surface area contributed by atoms with Crippen LogP contribution in [0.1, 0.15) is 25.3 Å². The normalized spacial score (nSPS) is 14.6. The molecule has 0 saturated carbocycles. The standard InChI is InChI=1S/C18H20BrN5O3.2H2/c1-27-18(26)24-7-3-6-23(8-9-24)15-5-2-4-14(22-15)16(25)13-10-12(19)11-21-17(13)20;;/h2,4-5,10-11H,3,6-9H2,1H3,(H2,20,21);2*1H. The molecule has 0 radical (unpaired) electrons. The zero-order valence-electron chi connectivity index (χ0n) is 14.9. The van der Waals surface area contributed by atoms with E-state index in [1.807, 2.05) is 6.07 Å². The van der Waals surface area contributed by atoms with Crippen LogP contribution in [0, 0.1) is 0 Å². The SMILES string of the molecule is COC(=O)N1CCCN(c2cccc(C(=O)c3cc(Br)cnc3N)n2)CC1.[HH].[HH]. The number of nitrogens with two attached hydrogens (primary N) is 1. The first-order chi connectivity index (χ1) is 13.0. The molecule has 8 nitrogen and oxygen atoms in total. The number of hydrogen-bond donors (Lipinski definition) is 1. The fourth-order valence-electron chi connectivity index (χ4n) is 2.95. The third-order valence-electron chi connectivity index (χ3n) is 4.35. The molecule has 27 heavy (non-hydrogen) atoms. The van der Waals surface area contributed by atoms with E-state index < -0.39 is 0 Å². The van der Waals surface area contributed by atoms with Crippen molar-refractivity contribution in [2.75, 3.05) is 43.9 Å². The molecule has 1 fully saturated rings. The minimum Gasteiger partial charge on any atom is -0.453 e. The van der Waals surface area contributed by atoms with Gasteiger partial charge in [0.2, 0.25) is 5.78 Å². The van der Waals surface area contributed by atoms with Crippen molar-refractivity contribution in [2.45, 2.75) is 6.42 Å². The lowest BCUT2D eigenvalue weighted by Crippen LogP contribution is -2.35. The highest BCUT2D eigenvalue weighted by Crippen LogP contribution is 2.21. The maximum atomic E-state index is 12.8. The van der Waals surface area contributed by atoms with Gasteiger partial charge in [-0.05, 0) is 40.5 Å². The molecule has 2 N–H and O–H groups in total. The van der Waals surface area contributed by atoms with Crippen molar-refractivity contribution in [2.24, 2.45) is 0 Å². The summed E-state index contributed by atoms with van der Waals surface area (Å²) in [5.74, 6) is 0.571. The van der Waals surface area contributed by atoms with E-state index in [4.69, 9.17) is 10.5 Å². The molecule has 1 aliphatic rings. The molecule has 1 saturated heterocycles. The van der Waals surface area contributed by atoms with Crippen LogP contribution >= 0.6 is 15.9 Å². The Morgan fingerprint density at radius 2 is 2.07 bits per heavy atom. The van der Waals surface area contributed by atoms with Crippen molar-refractivity contribution in [1.29, 1.82) is 0 Å². The first kappa shape index (κ1) is 19.1. The highest BCUT2D eigenvalue weighted by Gasteiger charge is 2.21. The second-order valence-electron chi connectivity index (χ2n) is 6.09. The van der Waals surface area contributed by atoms with Gasteiger partial charge in [0.1, 0.15) is 17.3 Å². The van der Waals surface area contributed by atoms with Gasteiger partial charge in [-0.2, -0.15) is 0 Å². The number of anilines is 2. The Kier molecular flexibility index (Phi) is 5.90. The van der Waals surface area contributed by atoms with Crippen LogP contribution in [-0.4, -0.2) is 60.0 Å². The molecule has 146 valence electrons. The van der Waals surface area contributed by atoms with Crippen LogP contribution in [0.25, 0.3) is 0 Å². The molecule has 9 heteroatoms. The first-order valence-electron chi connectivity index (χ1n) is 8.50. The summed E-state index contributed by atoms with van der Waals surface area (Å²) in [6.07, 6.45) is 2.00. The highest BCUT2D eigenvalue weighted by molar-refractivity contribution is 9.10. The Bertz CT molecular complexity index is 871. The van der Waals surface area contributed by atoms with Crippen molar-refractivity contribution in [3.63, 3.8) is 0 Å². The number of carbonyl (C=O) groups excluding carboxylic acids is 2. The Labute approximate surface area is 168 Å². The number of nitrogens with zero attached hydrogens (tertiary/aromatic N) is 4. The Morgan fingerprint density at radius 3 is 2.85 bits per heavy atom. The van der Waals surface area contributed by atoms with Crippen LogP contribution in [0.5, 0.6) is 0 Å². The number of methoxy groups -OCH3 is 1. The molecule has 0 aromatic carbocycles. The number of rotatable bonds is 3. The van der Waals surface area contributed by atoms with Crippen molar-refractivity contribution in [3.05, 3.63) is 46.2 Å². The van der Waals surface area contributed by atoms with Gasteiger partial charge in [-0.25, -0.2) is 14.8 Å². The molecule has 0 spiro atoms. The van der Waals surface area contributed by atoms with Gasteiger partial charge < -0.3 is 20.3 Å². The third-order valence-corrected chi connectivity index (χ3v) is 4.78. The van der Waals surface area contributed by atoms with E-state index >= 15 is 0 Å². The van der Waals surface area contributed by atoms with Crippen molar-refractivity contribution in [1.82, 2.24) is 14.9 Å². The van der Waals surface area contributed by atoms with Crippen LogP contribution in [0.2, 0.25) is 0 Å². The van der Waals surface area contributed by atoms with Crippen LogP contribution in [0.3, 0.4) is 0 Å². The number of hydrogen-bond acceptors (Lipinski definition) is 7. The van der Waals surface area contributed by atoms with Crippen molar-refractivity contribution >= 4 is 39.4 Å². The van der Waals surface area contributed by atoms with Crippen LogP contribution in [0.4, 0.5) is 16.4 Å². The second-order valence-corrected chi connectivity index (χ2v) is 7.01. The molecule has 1 amide bonds. The molecule has 2 aromatic heterocycles.